The Labute approximate surface area is 114 Å². The van der Waals surface area contributed by atoms with Crippen LogP contribution in [0.15, 0.2) is 0 Å². The number of H-pyrrole nitrogens is 1. The smallest absolute Gasteiger partial charge is 0.291 e. The molecule has 0 bridgehead atoms. The molecule has 1 aliphatic rings. The van der Waals surface area contributed by atoms with Crippen molar-refractivity contribution >= 4 is 5.91 Å². The molecule has 106 valence electrons. The lowest BCUT2D eigenvalue weighted by Gasteiger charge is -2.19. The van der Waals surface area contributed by atoms with Crippen molar-refractivity contribution in [1.82, 2.24) is 25.4 Å². The zero-order valence-corrected chi connectivity index (χ0v) is 12.2. The average molecular weight is 265 g/mol. The number of aromatic nitrogens is 3. The first-order valence-electron chi connectivity index (χ1n) is 6.79. The van der Waals surface area contributed by atoms with E-state index in [1.165, 1.54) is 6.42 Å². The van der Waals surface area contributed by atoms with E-state index in [1.807, 2.05) is 20.8 Å². The molecule has 19 heavy (non-hydrogen) atoms. The third kappa shape index (κ3) is 3.32. The number of nitrogens with zero attached hydrogens (tertiary/aromatic N) is 3. The number of rotatable bonds is 3. The van der Waals surface area contributed by atoms with Gasteiger partial charge in [-0.2, -0.15) is 0 Å². The van der Waals surface area contributed by atoms with Crippen LogP contribution in [0.1, 0.15) is 50.1 Å². The van der Waals surface area contributed by atoms with Gasteiger partial charge < -0.3 is 10.2 Å². The highest BCUT2D eigenvalue weighted by Crippen LogP contribution is 2.17. The van der Waals surface area contributed by atoms with Crippen LogP contribution in [0.3, 0.4) is 0 Å². The molecule has 1 aromatic rings. The van der Waals surface area contributed by atoms with E-state index in [-0.39, 0.29) is 17.1 Å². The maximum absolute atomic E-state index is 12.0. The summed E-state index contributed by atoms with van der Waals surface area (Å²) in [5.41, 5.74) is -0.128. The monoisotopic (exact) mass is 265 g/mol. The highest BCUT2D eigenvalue weighted by Gasteiger charge is 2.24. The van der Waals surface area contributed by atoms with Crippen LogP contribution >= 0.6 is 0 Å². The highest BCUT2D eigenvalue weighted by atomic mass is 16.2. The minimum Gasteiger partial charge on any atom is -0.348 e. The van der Waals surface area contributed by atoms with E-state index in [1.54, 1.807) is 0 Å². The summed E-state index contributed by atoms with van der Waals surface area (Å²) in [6.45, 7) is 7.86. The summed E-state index contributed by atoms with van der Waals surface area (Å²) in [5, 5.41) is 9.73. The second kappa shape index (κ2) is 5.28. The van der Waals surface area contributed by atoms with Crippen molar-refractivity contribution in [1.29, 1.82) is 0 Å². The Kier molecular flexibility index (Phi) is 3.89. The molecule has 2 N–H and O–H groups in total. The third-order valence-electron chi connectivity index (χ3n) is 3.57. The predicted molar refractivity (Wildman–Crippen MR) is 73.1 cm³/mol. The summed E-state index contributed by atoms with van der Waals surface area (Å²) in [5.74, 6) is 0.758. The van der Waals surface area contributed by atoms with Crippen LogP contribution < -0.4 is 5.32 Å². The number of aromatic amines is 1. The fourth-order valence-corrected chi connectivity index (χ4v) is 2.23. The fraction of sp³-hybridized carbons (Fsp3) is 0.769. The zero-order chi connectivity index (χ0) is 14.0. The van der Waals surface area contributed by atoms with Crippen LogP contribution in [-0.2, 0) is 5.41 Å². The lowest BCUT2D eigenvalue weighted by atomic mass is 9.96. The maximum Gasteiger partial charge on any atom is 0.291 e. The van der Waals surface area contributed by atoms with Gasteiger partial charge in [-0.1, -0.05) is 20.8 Å². The Morgan fingerprint density at radius 2 is 2.26 bits per heavy atom. The Balaban J connectivity index is 1.91. The van der Waals surface area contributed by atoms with Gasteiger partial charge in [0.05, 0.1) is 0 Å². The van der Waals surface area contributed by atoms with E-state index in [2.05, 4.69) is 32.4 Å². The van der Waals surface area contributed by atoms with Gasteiger partial charge in [0.25, 0.3) is 5.91 Å². The second-order valence-electron chi connectivity index (χ2n) is 6.24. The van der Waals surface area contributed by atoms with E-state index in [4.69, 9.17) is 0 Å². The van der Waals surface area contributed by atoms with Crippen LogP contribution in [0.4, 0.5) is 0 Å². The van der Waals surface area contributed by atoms with Crippen LogP contribution in [0.25, 0.3) is 0 Å². The first-order valence-corrected chi connectivity index (χ1v) is 6.79. The summed E-state index contributed by atoms with van der Waals surface area (Å²) in [6, 6.07) is 0.435. The summed E-state index contributed by atoms with van der Waals surface area (Å²) < 4.78 is 0. The molecule has 2 rings (SSSR count). The molecular formula is C13H23N5O. The van der Waals surface area contributed by atoms with E-state index < -0.39 is 0 Å². The Hall–Kier alpha value is -1.43. The lowest BCUT2D eigenvalue weighted by Crippen LogP contribution is -2.38. The number of amides is 1. The van der Waals surface area contributed by atoms with Crippen molar-refractivity contribution in [2.45, 2.75) is 45.1 Å². The summed E-state index contributed by atoms with van der Waals surface area (Å²) in [6.07, 6.45) is 2.34. The van der Waals surface area contributed by atoms with Gasteiger partial charge in [-0.25, -0.2) is 4.98 Å². The van der Waals surface area contributed by atoms with Gasteiger partial charge in [0.2, 0.25) is 5.82 Å². The molecule has 2 heterocycles. The van der Waals surface area contributed by atoms with Crippen molar-refractivity contribution in [3.8, 4) is 0 Å². The van der Waals surface area contributed by atoms with Gasteiger partial charge in [-0.15, -0.1) is 5.10 Å². The molecule has 1 unspecified atom stereocenters. The van der Waals surface area contributed by atoms with Gasteiger partial charge in [-0.3, -0.25) is 9.89 Å². The Morgan fingerprint density at radius 1 is 1.53 bits per heavy atom. The van der Waals surface area contributed by atoms with E-state index in [0.29, 0.717) is 12.6 Å². The van der Waals surface area contributed by atoms with Gasteiger partial charge in [0.15, 0.2) is 0 Å². The molecule has 1 saturated heterocycles. The molecule has 1 aliphatic heterocycles. The molecule has 0 spiro atoms. The first-order chi connectivity index (χ1) is 8.88. The van der Waals surface area contributed by atoms with Gasteiger partial charge in [0.1, 0.15) is 5.82 Å². The first kappa shape index (κ1) is 14.0. The minimum absolute atomic E-state index is 0.128. The quantitative estimate of drug-likeness (QED) is 0.852. The Morgan fingerprint density at radius 3 is 2.79 bits per heavy atom. The number of carbonyl (C=O) groups is 1. The molecule has 1 aromatic heterocycles. The van der Waals surface area contributed by atoms with Gasteiger partial charge >= 0.3 is 0 Å². The predicted octanol–water partition coefficient (Wildman–Crippen LogP) is 0.926. The number of likely N-dealkylation sites (tertiary alicyclic amines) is 1. The molecule has 0 aromatic carbocycles. The molecule has 0 saturated carbocycles. The van der Waals surface area contributed by atoms with Crippen molar-refractivity contribution < 1.29 is 4.79 Å². The highest BCUT2D eigenvalue weighted by molar-refractivity contribution is 5.90. The average Bonchev–Trinajstić information content (AvgIpc) is 2.93. The summed E-state index contributed by atoms with van der Waals surface area (Å²) in [7, 11) is 2.09. The Bertz CT molecular complexity index is 448. The van der Waals surface area contributed by atoms with Crippen molar-refractivity contribution in [2.75, 3.05) is 20.1 Å². The zero-order valence-electron chi connectivity index (χ0n) is 12.2. The molecule has 1 atom stereocenters. The normalized spacial score (nSPS) is 20.7. The summed E-state index contributed by atoms with van der Waals surface area (Å²) >= 11 is 0. The molecule has 6 heteroatoms. The van der Waals surface area contributed by atoms with Gasteiger partial charge in [-0.05, 0) is 26.4 Å². The second-order valence-corrected chi connectivity index (χ2v) is 6.24. The molecule has 1 amide bonds. The number of nitrogens with one attached hydrogen (secondary N) is 2. The van der Waals surface area contributed by atoms with Crippen LogP contribution in [0, 0.1) is 0 Å². The molecule has 0 radical (unpaired) electrons. The SMILES string of the molecule is CN1CCCC1CNC(=O)c1n[nH]c(C(C)(C)C)n1. The largest absolute Gasteiger partial charge is 0.348 e. The number of hydrogen-bond donors (Lipinski definition) is 2. The number of hydrogen-bond acceptors (Lipinski definition) is 4. The van der Waals surface area contributed by atoms with Crippen molar-refractivity contribution in [3.05, 3.63) is 11.6 Å². The third-order valence-corrected chi connectivity index (χ3v) is 3.57. The molecule has 0 aliphatic carbocycles. The lowest BCUT2D eigenvalue weighted by molar-refractivity contribution is 0.0933. The van der Waals surface area contributed by atoms with E-state index >= 15 is 0 Å². The van der Waals surface area contributed by atoms with Crippen molar-refractivity contribution in [2.24, 2.45) is 0 Å². The summed E-state index contributed by atoms with van der Waals surface area (Å²) in [4.78, 5) is 18.5. The molecular weight excluding hydrogens is 242 g/mol. The number of carbonyl (C=O) groups excluding carboxylic acids is 1. The topological polar surface area (TPSA) is 73.9 Å². The fourth-order valence-electron chi connectivity index (χ4n) is 2.23. The standard InChI is InChI=1S/C13H23N5O/c1-13(2,3)12-15-10(16-17-12)11(19)14-8-9-6-5-7-18(9)4/h9H,5-8H2,1-4H3,(H,14,19)(H,15,16,17). The van der Waals surface area contributed by atoms with E-state index in [0.717, 1.165) is 18.8 Å². The van der Waals surface area contributed by atoms with Crippen molar-refractivity contribution in [3.63, 3.8) is 0 Å². The maximum atomic E-state index is 12.0. The van der Waals surface area contributed by atoms with Crippen LogP contribution in [-0.4, -0.2) is 52.2 Å². The number of likely N-dealkylation sites (N-methyl/N-ethyl adjacent to an activating group) is 1. The van der Waals surface area contributed by atoms with Crippen LogP contribution in [0.2, 0.25) is 0 Å². The van der Waals surface area contributed by atoms with Gasteiger partial charge in [0, 0.05) is 18.0 Å². The molecule has 6 nitrogen and oxygen atoms in total. The van der Waals surface area contributed by atoms with E-state index in [9.17, 15) is 4.79 Å². The molecule has 1 fully saturated rings. The van der Waals surface area contributed by atoms with Crippen LogP contribution in [0.5, 0.6) is 0 Å². The minimum atomic E-state index is -0.202.